The summed E-state index contributed by atoms with van der Waals surface area (Å²) in [6.45, 7) is 1.20. The van der Waals surface area contributed by atoms with Crippen LogP contribution in [0.5, 0.6) is 11.5 Å². The molecular formula is C21H20N2O5S. The second kappa shape index (κ2) is 9.70. The predicted molar refractivity (Wildman–Crippen MR) is 110 cm³/mol. The van der Waals surface area contributed by atoms with Crippen molar-refractivity contribution in [3.8, 4) is 22.8 Å². The summed E-state index contributed by atoms with van der Waals surface area (Å²) in [7, 11) is 1.51. The lowest BCUT2D eigenvalue weighted by Gasteiger charge is -2.10. The molecule has 150 valence electrons. The molecule has 7 nitrogen and oxygen atoms in total. The number of para-hydroxylation sites is 2. The number of nitrogens with zero attached hydrogens (tertiary/aromatic N) is 1. The molecule has 3 aromatic rings. The van der Waals surface area contributed by atoms with Crippen LogP contribution in [-0.2, 0) is 14.3 Å². The molecule has 1 aromatic heterocycles. The highest BCUT2D eigenvalue weighted by Gasteiger charge is 2.11. The van der Waals surface area contributed by atoms with Crippen LogP contribution < -0.4 is 14.8 Å². The molecule has 1 heterocycles. The van der Waals surface area contributed by atoms with Crippen molar-refractivity contribution in [3.05, 3.63) is 58.9 Å². The summed E-state index contributed by atoms with van der Waals surface area (Å²) in [5.74, 6) is -0.168. The van der Waals surface area contributed by atoms with Gasteiger partial charge in [0.2, 0.25) is 0 Å². The van der Waals surface area contributed by atoms with Gasteiger partial charge in [-0.05, 0) is 31.2 Å². The molecule has 0 radical (unpaired) electrons. The minimum atomic E-state index is -0.655. The van der Waals surface area contributed by atoms with Crippen molar-refractivity contribution in [2.45, 2.75) is 6.92 Å². The number of aryl methyl sites for hydroxylation is 1. The first kappa shape index (κ1) is 20.3. The first-order chi connectivity index (χ1) is 14.0. The lowest BCUT2D eigenvalue weighted by Crippen LogP contribution is -2.23. The van der Waals surface area contributed by atoms with Gasteiger partial charge >= 0.3 is 5.97 Å². The minimum Gasteiger partial charge on any atom is -0.493 e. The number of hydrogen-bond donors (Lipinski definition) is 1. The van der Waals surface area contributed by atoms with Gasteiger partial charge in [0.25, 0.3) is 5.91 Å². The third kappa shape index (κ3) is 5.79. The van der Waals surface area contributed by atoms with E-state index in [1.165, 1.54) is 7.11 Å². The minimum absolute atomic E-state index is 0.327. The molecule has 2 aromatic carbocycles. The Hall–Kier alpha value is -3.39. The van der Waals surface area contributed by atoms with E-state index in [0.29, 0.717) is 17.2 Å². The van der Waals surface area contributed by atoms with Crippen molar-refractivity contribution in [1.82, 2.24) is 4.98 Å². The van der Waals surface area contributed by atoms with Gasteiger partial charge < -0.3 is 19.5 Å². The summed E-state index contributed by atoms with van der Waals surface area (Å²) in [4.78, 5) is 28.4. The van der Waals surface area contributed by atoms with Crippen molar-refractivity contribution in [1.29, 1.82) is 0 Å². The monoisotopic (exact) mass is 412 g/mol. The third-order valence-electron chi connectivity index (χ3n) is 3.84. The number of thiazole rings is 1. The number of esters is 1. The Balaban J connectivity index is 1.48. The summed E-state index contributed by atoms with van der Waals surface area (Å²) < 4.78 is 15.5. The quantitative estimate of drug-likeness (QED) is 0.568. The van der Waals surface area contributed by atoms with Crippen molar-refractivity contribution in [2.75, 3.05) is 25.6 Å². The fourth-order valence-electron chi connectivity index (χ4n) is 2.51. The Kier molecular flexibility index (Phi) is 6.80. The maximum atomic E-state index is 12.1. The van der Waals surface area contributed by atoms with E-state index in [1.54, 1.807) is 41.7 Å². The van der Waals surface area contributed by atoms with Gasteiger partial charge in [0, 0.05) is 16.6 Å². The van der Waals surface area contributed by atoms with Crippen LogP contribution in [0.2, 0.25) is 0 Å². The highest BCUT2D eigenvalue weighted by molar-refractivity contribution is 7.09. The van der Waals surface area contributed by atoms with Gasteiger partial charge in [-0.15, -0.1) is 11.3 Å². The Labute approximate surface area is 172 Å². The summed E-state index contributed by atoms with van der Waals surface area (Å²) in [5, 5.41) is 5.63. The van der Waals surface area contributed by atoms with Gasteiger partial charge in [0.1, 0.15) is 0 Å². The van der Waals surface area contributed by atoms with Crippen LogP contribution in [0.25, 0.3) is 11.3 Å². The van der Waals surface area contributed by atoms with Crippen LogP contribution in [0.1, 0.15) is 5.01 Å². The standard InChI is InChI=1S/C21H20N2O5S/c1-14-22-17(13-29-14)15-6-5-7-16(10-15)23-20(24)11-28-21(25)12-27-19-9-4-3-8-18(19)26-2/h3-10,13H,11-12H2,1-2H3,(H,23,24). The number of nitrogens with one attached hydrogen (secondary N) is 1. The Morgan fingerprint density at radius 1 is 1.07 bits per heavy atom. The summed E-state index contributed by atoms with van der Waals surface area (Å²) in [6.07, 6.45) is 0. The first-order valence-electron chi connectivity index (χ1n) is 8.79. The molecule has 3 rings (SSSR count). The summed E-state index contributed by atoms with van der Waals surface area (Å²) in [5.41, 5.74) is 2.34. The summed E-state index contributed by atoms with van der Waals surface area (Å²) in [6, 6.07) is 14.3. The number of aromatic nitrogens is 1. The second-order valence-corrected chi connectivity index (χ2v) is 7.04. The Morgan fingerprint density at radius 2 is 1.86 bits per heavy atom. The number of carbonyl (C=O) groups is 2. The van der Waals surface area contributed by atoms with Crippen LogP contribution in [-0.4, -0.2) is 37.2 Å². The fourth-order valence-corrected chi connectivity index (χ4v) is 3.13. The number of hydrogen-bond acceptors (Lipinski definition) is 7. The van der Waals surface area contributed by atoms with Gasteiger partial charge in [-0.1, -0.05) is 24.3 Å². The van der Waals surface area contributed by atoms with E-state index in [0.717, 1.165) is 16.3 Å². The van der Waals surface area contributed by atoms with Crippen LogP contribution >= 0.6 is 11.3 Å². The molecule has 0 unspecified atom stereocenters. The normalized spacial score (nSPS) is 10.3. The zero-order valence-electron chi connectivity index (χ0n) is 16.0. The van der Waals surface area contributed by atoms with Crippen molar-refractivity contribution in [3.63, 3.8) is 0 Å². The van der Waals surface area contributed by atoms with Crippen molar-refractivity contribution < 1.29 is 23.8 Å². The Bertz CT molecular complexity index is 1000. The van der Waals surface area contributed by atoms with E-state index in [4.69, 9.17) is 14.2 Å². The average molecular weight is 412 g/mol. The van der Waals surface area contributed by atoms with Crippen LogP contribution in [0.15, 0.2) is 53.9 Å². The van der Waals surface area contributed by atoms with Crippen LogP contribution in [0.3, 0.4) is 0 Å². The lowest BCUT2D eigenvalue weighted by molar-refractivity contribution is -0.149. The predicted octanol–water partition coefficient (Wildman–Crippen LogP) is 3.69. The van der Waals surface area contributed by atoms with E-state index < -0.39 is 18.5 Å². The number of benzene rings is 2. The van der Waals surface area contributed by atoms with Gasteiger partial charge in [-0.25, -0.2) is 9.78 Å². The van der Waals surface area contributed by atoms with Gasteiger partial charge in [-0.2, -0.15) is 0 Å². The Morgan fingerprint density at radius 3 is 2.59 bits per heavy atom. The molecule has 29 heavy (non-hydrogen) atoms. The number of methoxy groups -OCH3 is 1. The molecule has 0 saturated heterocycles. The molecule has 0 saturated carbocycles. The molecule has 0 atom stereocenters. The lowest BCUT2D eigenvalue weighted by atomic mass is 10.1. The molecule has 0 aliphatic rings. The maximum absolute atomic E-state index is 12.1. The summed E-state index contributed by atoms with van der Waals surface area (Å²) >= 11 is 1.56. The van der Waals surface area contributed by atoms with Gasteiger partial charge in [0.15, 0.2) is 24.7 Å². The molecule has 0 aliphatic heterocycles. The zero-order valence-corrected chi connectivity index (χ0v) is 16.8. The van der Waals surface area contributed by atoms with E-state index in [2.05, 4.69) is 10.3 Å². The number of rotatable bonds is 8. The third-order valence-corrected chi connectivity index (χ3v) is 4.61. The van der Waals surface area contributed by atoms with Crippen LogP contribution in [0.4, 0.5) is 5.69 Å². The number of amides is 1. The van der Waals surface area contributed by atoms with Gasteiger partial charge in [-0.3, -0.25) is 4.79 Å². The molecule has 0 bridgehead atoms. The van der Waals surface area contributed by atoms with E-state index >= 15 is 0 Å². The number of carbonyl (C=O) groups excluding carboxylic acids is 2. The number of anilines is 1. The van der Waals surface area contributed by atoms with E-state index in [1.807, 2.05) is 30.5 Å². The topological polar surface area (TPSA) is 86.8 Å². The smallest absolute Gasteiger partial charge is 0.344 e. The largest absolute Gasteiger partial charge is 0.493 e. The van der Waals surface area contributed by atoms with Crippen molar-refractivity contribution in [2.24, 2.45) is 0 Å². The second-order valence-electron chi connectivity index (χ2n) is 5.98. The fraction of sp³-hybridized carbons (Fsp3) is 0.190. The van der Waals surface area contributed by atoms with E-state index in [9.17, 15) is 9.59 Å². The molecular weight excluding hydrogens is 392 g/mol. The highest BCUT2D eigenvalue weighted by Crippen LogP contribution is 2.26. The van der Waals surface area contributed by atoms with E-state index in [-0.39, 0.29) is 6.61 Å². The molecule has 1 N–H and O–H groups in total. The molecule has 1 amide bonds. The molecule has 8 heteroatoms. The first-order valence-corrected chi connectivity index (χ1v) is 9.67. The maximum Gasteiger partial charge on any atom is 0.344 e. The van der Waals surface area contributed by atoms with Crippen LogP contribution in [0, 0.1) is 6.92 Å². The SMILES string of the molecule is COc1ccccc1OCC(=O)OCC(=O)Nc1cccc(-c2csc(C)n2)c1. The average Bonchev–Trinajstić information content (AvgIpc) is 3.17. The van der Waals surface area contributed by atoms with Crippen molar-refractivity contribution >= 4 is 28.9 Å². The highest BCUT2D eigenvalue weighted by atomic mass is 32.1. The van der Waals surface area contributed by atoms with Gasteiger partial charge in [0.05, 0.1) is 17.8 Å². The molecule has 0 fully saturated rings. The molecule has 0 spiro atoms. The molecule has 0 aliphatic carbocycles. The zero-order chi connectivity index (χ0) is 20.6. The number of ether oxygens (including phenoxy) is 3.